The molecule has 0 bridgehead atoms. The molecular formula is C25H27BrN4O3. The largest absolute Gasteiger partial charge is 0.492 e. The van der Waals surface area contributed by atoms with Crippen LogP contribution in [0.1, 0.15) is 46.1 Å². The van der Waals surface area contributed by atoms with Crippen molar-refractivity contribution < 1.29 is 14.6 Å². The number of carboxylic acid groups (broad SMARTS) is 1. The van der Waals surface area contributed by atoms with E-state index in [0.29, 0.717) is 37.6 Å². The zero-order valence-corrected chi connectivity index (χ0v) is 19.9. The van der Waals surface area contributed by atoms with Crippen LogP contribution in [-0.4, -0.2) is 40.7 Å². The number of benzene rings is 2. The third kappa shape index (κ3) is 5.69. The minimum atomic E-state index is -1.01. The van der Waals surface area contributed by atoms with E-state index in [0.717, 1.165) is 35.2 Å². The second kappa shape index (κ2) is 10.8. The van der Waals surface area contributed by atoms with Crippen LogP contribution >= 0.6 is 15.9 Å². The summed E-state index contributed by atoms with van der Waals surface area (Å²) in [7, 11) is 0. The molecule has 0 amide bonds. The maximum Gasteiger partial charge on any atom is 0.339 e. The van der Waals surface area contributed by atoms with Gasteiger partial charge in [0.15, 0.2) is 0 Å². The van der Waals surface area contributed by atoms with E-state index in [1.165, 1.54) is 11.8 Å². The highest BCUT2D eigenvalue weighted by Crippen LogP contribution is 2.35. The Balaban J connectivity index is 1.53. The molecule has 1 saturated heterocycles. The average molecular weight is 511 g/mol. The van der Waals surface area contributed by atoms with Crippen LogP contribution in [0.25, 0.3) is 0 Å². The molecule has 2 heterocycles. The Bertz CT molecular complexity index is 1090. The van der Waals surface area contributed by atoms with Gasteiger partial charge in [-0.1, -0.05) is 40.2 Å². The molecule has 0 spiro atoms. The summed E-state index contributed by atoms with van der Waals surface area (Å²) in [6, 6.07) is 16.3. The van der Waals surface area contributed by atoms with Gasteiger partial charge in [-0.15, -0.1) is 0 Å². The second-order valence-electron chi connectivity index (χ2n) is 8.02. The summed E-state index contributed by atoms with van der Waals surface area (Å²) in [5, 5.41) is 9.67. The van der Waals surface area contributed by atoms with Crippen molar-refractivity contribution in [2.45, 2.75) is 31.7 Å². The van der Waals surface area contributed by atoms with E-state index >= 15 is 0 Å². The van der Waals surface area contributed by atoms with Crippen molar-refractivity contribution in [3.8, 4) is 5.75 Å². The van der Waals surface area contributed by atoms with Gasteiger partial charge in [-0.05, 0) is 61.1 Å². The molecule has 1 fully saturated rings. The van der Waals surface area contributed by atoms with E-state index in [1.54, 1.807) is 0 Å². The molecule has 172 valence electrons. The molecule has 1 atom stereocenters. The van der Waals surface area contributed by atoms with Crippen molar-refractivity contribution >= 4 is 27.8 Å². The first kappa shape index (κ1) is 23.2. The second-order valence-corrected chi connectivity index (χ2v) is 8.94. The van der Waals surface area contributed by atoms with Crippen molar-refractivity contribution in [3.63, 3.8) is 0 Å². The van der Waals surface area contributed by atoms with Gasteiger partial charge in [0, 0.05) is 23.8 Å². The highest BCUT2D eigenvalue weighted by molar-refractivity contribution is 9.10. The molecule has 0 saturated carbocycles. The smallest absolute Gasteiger partial charge is 0.339 e. The number of hydrogen-bond acceptors (Lipinski definition) is 6. The van der Waals surface area contributed by atoms with Crippen molar-refractivity contribution in [2.24, 2.45) is 5.73 Å². The molecule has 1 aromatic heterocycles. The summed E-state index contributed by atoms with van der Waals surface area (Å²) in [5.74, 6) is 0.353. The lowest BCUT2D eigenvalue weighted by Gasteiger charge is -2.25. The Labute approximate surface area is 201 Å². The van der Waals surface area contributed by atoms with E-state index in [2.05, 4.69) is 37.9 Å². The Kier molecular flexibility index (Phi) is 7.57. The third-order valence-electron chi connectivity index (χ3n) is 5.81. The highest BCUT2D eigenvalue weighted by Gasteiger charge is 2.29. The van der Waals surface area contributed by atoms with Gasteiger partial charge in [0.05, 0.1) is 17.3 Å². The molecule has 2 aromatic carbocycles. The topological polar surface area (TPSA) is 102 Å². The van der Waals surface area contributed by atoms with Gasteiger partial charge in [0.25, 0.3) is 0 Å². The van der Waals surface area contributed by atoms with Crippen LogP contribution in [0.2, 0.25) is 0 Å². The summed E-state index contributed by atoms with van der Waals surface area (Å²) in [6.07, 6.45) is 4.68. The van der Waals surface area contributed by atoms with Gasteiger partial charge < -0.3 is 20.5 Å². The predicted octanol–water partition coefficient (Wildman–Crippen LogP) is 4.40. The third-order valence-corrected chi connectivity index (χ3v) is 6.34. The maximum absolute atomic E-state index is 11.8. The van der Waals surface area contributed by atoms with Gasteiger partial charge in [0.1, 0.15) is 12.4 Å². The summed E-state index contributed by atoms with van der Waals surface area (Å²) in [5.41, 5.74) is 8.47. The fourth-order valence-electron chi connectivity index (χ4n) is 4.14. The van der Waals surface area contributed by atoms with Gasteiger partial charge >= 0.3 is 5.97 Å². The lowest BCUT2D eigenvalue weighted by atomic mass is 10.0. The van der Waals surface area contributed by atoms with E-state index in [4.69, 9.17) is 15.5 Å². The summed E-state index contributed by atoms with van der Waals surface area (Å²) >= 11 is 3.49. The Morgan fingerprint density at radius 2 is 1.91 bits per heavy atom. The molecular weight excluding hydrogens is 484 g/mol. The number of aryl methyl sites for hydroxylation is 2. The minimum Gasteiger partial charge on any atom is -0.492 e. The number of nitrogens with zero attached hydrogens (tertiary/aromatic N) is 3. The maximum atomic E-state index is 11.8. The van der Waals surface area contributed by atoms with Crippen LogP contribution < -0.4 is 15.4 Å². The molecule has 3 aromatic rings. The number of ether oxygens (including phenoxy) is 1. The number of aromatic nitrogens is 2. The van der Waals surface area contributed by atoms with Gasteiger partial charge in [-0.25, -0.2) is 14.8 Å². The minimum absolute atomic E-state index is 0.154. The number of aromatic carboxylic acids is 1. The monoisotopic (exact) mass is 510 g/mol. The molecule has 1 aliphatic rings. The van der Waals surface area contributed by atoms with E-state index in [-0.39, 0.29) is 11.6 Å². The Hall–Kier alpha value is -2.97. The average Bonchev–Trinajstić information content (AvgIpc) is 3.32. The fourth-order valence-corrected chi connectivity index (χ4v) is 4.41. The molecule has 0 radical (unpaired) electrons. The zero-order chi connectivity index (χ0) is 23.2. The Morgan fingerprint density at radius 3 is 2.61 bits per heavy atom. The quantitative estimate of drug-likeness (QED) is 0.439. The zero-order valence-electron chi connectivity index (χ0n) is 18.3. The number of hydrogen-bond donors (Lipinski definition) is 2. The van der Waals surface area contributed by atoms with Crippen molar-refractivity contribution in [1.82, 2.24) is 9.97 Å². The number of rotatable bonds is 9. The van der Waals surface area contributed by atoms with Gasteiger partial charge in [-0.3, -0.25) is 0 Å². The summed E-state index contributed by atoms with van der Waals surface area (Å²) in [4.78, 5) is 23.1. The predicted molar refractivity (Wildman–Crippen MR) is 131 cm³/mol. The lowest BCUT2D eigenvalue weighted by molar-refractivity contribution is 0.0694. The van der Waals surface area contributed by atoms with Gasteiger partial charge in [0.2, 0.25) is 5.95 Å². The number of anilines is 1. The van der Waals surface area contributed by atoms with Gasteiger partial charge in [-0.2, -0.15) is 0 Å². The molecule has 1 aliphatic heterocycles. The van der Waals surface area contributed by atoms with Crippen molar-refractivity contribution in [1.29, 1.82) is 0 Å². The first-order valence-electron chi connectivity index (χ1n) is 11.1. The molecule has 1 unspecified atom stereocenters. The number of nitrogens with two attached hydrogens (primary N) is 1. The molecule has 3 N–H and O–H groups in total. The lowest BCUT2D eigenvalue weighted by Crippen LogP contribution is -2.25. The molecule has 4 rings (SSSR count). The number of halogens is 1. The van der Waals surface area contributed by atoms with E-state index in [1.807, 2.05) is 36.4 Å². The van der Waals surface area contributed by atoms with Crippen molar-refractivity contribution in [3.05, 3.63) is 81.6 Å². The highest BCUT2D eigenvalue weighted by atomic mass is 79.9. The van der Waals surface area contributed by atoms with Crippen LogP contribution in [0.5, 0.6) is 5.75 Å². The first-order valence-corrected chi connectivity index (χ1v) is 11.9. The normalized spacial score (nSPS) is 15.6. The van der Waals surface area contributed by atoms with Crippen LogP contribution in [0.3, 0.4) is 0 Å². The number of carboxylic acids is 1. The number of carbonyl (C=O) groups is 1. The van der Waals surface area contributed by atoms with Crippen molar-refractivity contribution in [2.75, 3.05) is 24.6 Å². The van der Waals surface area contributed by atoms with Crippen LogP contribution in [0, 0.1) is 0 Å². The SMILES string of the molecule is NCCOc1ccc(CCc2nc(N3CCCC3c3ccc(Br)cc3)ncc2C(=O)O)cc1. The fraction of sp³-hybridized carbons (Fsp3) is 0.320. The molecule has 7 nitrogen and oxygen atoms in total. The summed E-state index contributed by atoms with van der Waals surface area (Å²) < 4.78 is 6.56. The van der Waals surface area contributed by atoms with E-state index < -0.39 is 5.97 Å². The molecule has 8 heteroatoms. The molecule has 33 heavy (non-hydrogen) atoms. The van der Waals surface area contributed by atoms with E-state index in [9.17, 15) is 9.90 Å². The van der Waals surface area contributed by atoms with Crippen LogP contribution in [-0.2, 0) is 12.8 Å². The summed E-state index contributed by atoms with van der Waals surface area (Å²) in [6.45, 7) is 1.79. The standard InChI is InChI=1S/C25H27BrN4O3/c26-19-8-6-18(7-9-19)23-2-1-14-30(23)25-28-16-21(24(31)32)22(29-25)12-5-17-3-10-20(11-4-17)33-15-13-27/h3-4,6-11,16,23H,1-2,5,12-15,27H2,(H,31,32). The van der Waals surface area contributed by atoms with Crippen LogP contribution in [0.15, 0.2) is 59.2 Å². The Morgan fingerprint density at radius 1 is 1.15 bits per heavy atom. The molecule has 0 aliphatic carbocycles. The first-order chi connectivity index (χ1) is 16.0. The van der Waals surface area contributed by atoms with Crippen LogP contribution in [0.4, 0.5) is 5.95 Å².